The molecule has 3 rings (SSSR count). The lowest BCUT2D eigenvalue weighted by molar-refractivity contribution is -0.00739. The normalized spacial score (nSPS) is 43.0. The third-order valence-corrected chi connectivity index (χ3v) is 5.57. The third-order valence-electron chi connectivity index (χ3n) is 5.57. The van der Waals surface area contributed by atoms with Crippen LogP contribution in [0.5, 0.6) is 0 Å². The minimum atomic E-state index is 0.468. The first kappa shape index (κ1) is 14.8. The molecule has 1 saturated carbocycles. The molecule has 0 amide bonds. The molecule has 3 aliphatic rings. The Morgan fingerprint density at radius 2 is 1.80 bits per heavy atom. The van der Waals surface area contributed by atoms with Gasteiger partial charge in [-0.05, 0) is 50.9 Å². The number of hydrogen-bond donors (Lipinski definition) is 1. The number of nitrogens with zero attached hydrogens (tertiary/aromatic N) is 1. The summed E-state index contributed by atoms with van der Waals surface area (Å²) in [7, 11) is 0. The molecule has 0 spiro atoms. The van der Waals surface area contributed by atoms with Gasteiger partial charge in [0.1, 0.15) is 0 Å². The Morgan fingerprint density at radius 3 is 2.55 bits per heavy atom. The maximum absolute atomic E-state index is 6.26. The van der Waals surface area contributed by atoms with Crippen LogP contribution in [-0.2, 0) is 4.74 Å². The molecule has 3 heteroatoms. The Labute approximate surface area is 124 Å². The van der Waals surface area contributed by atoms with E-state index in [9.17, 15) is 0 Å². The molecular formula is C17H32N2O. The zero-order valence-electron chi connectivity index (χ0n) is 13.5. The van der Waals surface area contributed by atoms with Crippen LogP contribution in [0.25, 0.3) is 0 Å². The molecule has 5 unspecified atom stereocenters. The van der Waals surface area contributed by atoms with E-state index < -0.39 is 0 Å². The predicted molar refractivity (Wildman–Crippen MR) is 82.9 cm³/mol. The Kier molecular flexibility index (Phi) is 4.68. The van der Waals surface area contributed by atoms with Crippen molar-refractivity contribution in [2.75, 3.05) is 19.6 Å². The number of rotatable bonds is 5. The van der Waals surface area contributed by atoms with Gasteiger partial charge < -0.3 is 10.1 Å². The molecule has 0 aromatic carbocycles. The van der Waals surface area contributed by atoms with Crippen LogP contribution in [-0.4, -0.2) is 48.8 Å². The Bertz CT molecular complexity index is 318. The van der Waals surface area contributed by atoms with Gasteiger partial charge in [-0.25, -0.2) is 0 Å². The van der Waals surface area contributed by atoms with Crippen LogP contribution in [0.4, 0.5) is 0 Å². The van der Waals surface area contributed by atoms with Crippen LogP contribution in [0.1, 0.15) is 52.9 Å². The Morgan fingerprint density at radius 1 is 1.05 bits per heavy atom. The Balaban J connectivity index is 1.43. The second-order valence-electron chi connectivity index (χ2n) is 7.65. The second-order valence-corrected chi connectivity index (χ2v) is 7.65. The summed E-state index contributed by atoms with van der Waals surface area (Å²) in [5, 5.41) is 3.61. The lowest BCUT2D eigenvalue weighted by Crippen LogP contribution is -2.48. The van der Waals surface area contributed by atoms with Gasteiger partial charge in [0.25, 0.3) is 0 Å². The highest BCUT2D eigenvalue weighted by Crippen LogP contribution is 2.29. The van der Waals surface area contributed by atoms with E-state index in [4.69, 9.17) is 4.74 Å². The van der Waals surface area contributed by atoms with Crippen molar-refractivity contribution in [2.45, 2.75) is 77.2 Å². The highest BCUT2D eigenvalue weighted by Gasteiger charge is 2.33. The van der Waals surface area contributed by atoms with Crippen molar-refractivity contribution >= 4 is 0 Å². The summed E-state index contributed by atoms with van der Waals surface area (Å²) in [4.78, 5) is 2.68. The molecule has 2 saturated heterocycles. The summed E-state index contributed by atoms with van der Waals surface area (Å²) in [6.07, 6.45) is 7.57. The molecule has 1 N–H and O–H groups in total. The number of nitrogens with one attached hydrogen (secondary N) is 1. The van der Waals surface area contributed by atoms with E-state index >= 15 is 0 Å². The molecule has 2 aliphatic heterocycles. The van der Waals surface area contributed by atoms with Gasteiger partial charge in [0.05, 0.1) is 12.2 Å². The van der Waals surface area contributed by atoms with E-state index in [1.54, 1.807) is 0 Å². The molecule has 1 aliphatic carbocycles. The molecule has 3 fully saturated rings. The smallest absolute Gasteiger partial charge is 0.0707 e. The fourth-order valence-electron chi connectivity index (χ4n) is 3.99. The molecule has 0 bridgehead atoms. The number of hydrogen-bond acceptors (Lipinski definition) is 3. The van der Waals surface area contributed by atoms with Crippen molar-refractivity contribution in [1.29, 1.82) is 0 Å². The quantitative estimate of drug-likeness (QED) is 0.838. The van der Waals surface area contributed by atoms with Gasteiger partial charge in [-0.2, -0.15) is 0 Å². The standard InChI is InChI=1S/C17H32N2O/c1-12-8-13(2)14(3)19(10-12)11-17-7-6-16(20-17)9-18-15-4-5-15/h12-18H,4-11H2,1-3H3. The summed E-state index contributed by atoms with van der Waals surface area (Å²) in [5.41, 5.74) is 0. The van der Waals surface area contributed by atoms with Crippen molar-refractivity contribution in [3.63, 3.8) is 0 Å². The minimum absolute atomic E-state index is 0.468. The van der Waals surface area contributed by atoms with Crippen molar-refractivity contribution < 1.29 is 4.74 Å². The topological polar surface area (TPSA) is 24.5 Å². The molecular weight excluding hydrogens is 248 g/mol. The van der Waals surface area contributed by atoms with E-state index in [1.165, 1.54) is 38.6 Å². The SMILES string of the molecule is CC1CC(C)C(C)N(CC2CCC(CNC3CC3)O2)C1. The first-order valence-corrected chi connectivity index (χ1v) is 8.74. The molecule has 3 nitrogen and oxygen atoms in total. The largest absolute Gasteiger partial charge is 0.372 e. The minimum Gasteiger partial charge on any atom is -0.372 e. The second kappa shape index (κ2) is 6.33. The summed E-state index contributed by atoms with van der Waals surface area (Å²) in [6.45, 7) is 10.7. The maximum Gasteiger partial charge on any atom is 0.0707 e. The van der Waals surface area contributed by atoms with E-state index in [1.807, 2.05) is 0 Å². The van der Waals surface area contributed by atoms with E-state index in [-0.39, 0.29) is 0 Å². The van der Waals surface area contributed by atoms with Gasteiger partial charge in [0.15, 0.2) is 0 Å². The van der Waals surface area contributed by atoms with Gasteiger partial charge in [-0.15, -0.1) is 0 Å². The first-order chi connectivity index (χ1) is 9.61. The van der Waals surface area contributed by atoms with Crippen molar-refractivity contribution in [1.82, 2.24) is 10.2 Å². The number of likely N-dealkylation sites (tertiary alicyclic amines) is 1. The van der Waals surface area contributed by atoms with E-state index in [0.717, 1.165) is 37.0 Å². The molecule has 0 radical (unpaired) electrons. The van der Waals surface area contributed by atoms with Crippen LogP contribution in [0.3, 0.4) is 0 Å². The van der Waals surface area contributed by atoms with Gasteiger partial charge >= 0.3 is 0 Å². The average Bonchev–Trinajstić information content (AvgIpc) is 3.13. The number of piperidine rings is 1. The van der Waals surface area contributed by atoms with Crippen molar-refractivity contribution in [3.8, 4) is 0 Å². The molecule has 20 heavy (non-hydrogen) atoms. The molecule has 5 atom stereocenters. The average molecular weight is 280 g/mol. The molecule has 116 valence electrons. The molecule has 0 aromatic rings. The van der Waals surface area contributed by atoms with Crippen molar-refractivity contribution in [3.05, 3.63) is 0 Å². The highest BCUT2D eigenvalue weighted by molar-refractivity contribution is 4.87. The summed E-state index contributed by atoms with van der Waals surface area (Å²) >= 11 is 0. The molecule has 2 heterocycles. The lowest BCUT2D eigenvalue weighted by Gasteiger charge is -2.42. The van der Waals surface area contributed by atoms with Crippen LogP contribution in [0.2, 0.25) is 0 Å². The lowest BCUT2D eigenvalue weighted by atomic mass is 9.86. The van der Waals surface area contributed by atoms with E-state index in [0.29, 0.717) is 12.2 Å². The fraction of sp³-hybridized carbons (Fsp3) is 1.00. The monoisotopic (exact) mass is 280 g/mol. The number of ether oxygens (including phenoxy) is 1. The van der Waals surface area contributed by atoms with E-state index in [2.05, 4.69) is 31.0 Å². The van der Waals surface area contributed by atoms with Gasteiger partial charge in [-0.3, -0.25) is 4.90 Å². The summed E-state index contributed by atoms with van der Waals surface area (Å²) < 4.78 is 6.26. The highest BCUT2D eigenvalue weighted by atomic mass is 16.5. The van der Waals surface area contributed by atoms with Gasteiger partial charge in [-0.1, -0.05) is 13.8 Å². The summed E-state index contributed by atoms with van der Waals surface area (Å²) in [6, 6.07) is 1.53. The fourth-order valence-corrected chi connectivity index (χ4v) is 3.99. The molecule has 0 aromatic heterocycles. The van der Waals surface area contributed by atoms with Crippen LogP contribution in [0.15, 0.2) is 0 Å². The van der Waals surface area contributed by atoms with Crippen LogP contribution in [0, 0.1) is 11.8 Å². The maximum atomic E-state index is 6.26. The summed E-state index contributed by atoms with van der Waals surface area (Å²) in [5.74, 6) is 1.67. The van der Waals surface area contributed by atoms with Gasteiger partial charge in [0.2, 0.25) is 0 Å². The third kappa shape index (κ3) is 3.75. The van der Waals surface area contributed by atoms with Gasteiger partial charge in [0, 0.05) is 31.7 Å². The predicted octanol–water partition coefficient (Wildman–Crippen LogP) is 2.65. The zero-order chi connectivity index (χ0) is 14.1. The Hall–Kier alpha value is -0.120. The van der Waals surface area contributed by atoms with Crippen molar-refractivity contribution in [2.24, 2.45) is 11.8 Å². The first-order valence-electron chi connectivity index (χ1n) is 8.74. The van der Waals surface area contributed by atoms with Crippen LogP contribution < -0.4 is 5.32 Å². The van der Waals surface area contributed by atoms with Crippen LogP contribution >= 0.6 is 0 Å². The zero-order valence-corrected chi connectivity index (χ0v) is 13.5.